The second-order valence-electron chi connectivity index (χ2n) is 11.7. The number of nitriles is 1. The molecule has 3 N–H and O–H groups in total. The zero-order valence-electron chi connectivity index (χ0n) is 27.9. The van der Waals surface area contributed by atoms with E-state index < -0.39 is 5.97 Å². The largest absolute Gasteiger partial charge is 0.477 e. The van der Waals surface area contributed by atoms with Crippen molar-refractivity contribution in [2.24, 2.45) is 0 Å². The number of rotatable bonds is 9. The molecule has 0 fully saturated rings. The second kappa shape index (κ2) is 16.1. The molecule has 0 aliphatic rings. The summed E-state index contributed by atoms with van der Waals surface area (Å²) < 4.78 is 0.956. The third kappa shape index (κ3) is 8.03. The number of nitrogens with zero attached hydrogens (tertiary/aromatic N) is 3. The van der Waals surface area contributed by atoms with E-state index in [1.165, 1.54) is 11.3 Å². The summed E-state index contributed by atoms with van der Waals surface area (Å²) in [7, 11) is 0. The molecular formula is C43H29N3O4S3. The molecule has 0 amide bonds. The van der Waals surface area contributed by atoms with Crippen LogP contribution in [0.1, 0.15) is 26.4 Å². The second-order valence-corrected chi connectivity index (χ2v) is 14.9. The van der Waals surface area contributed by atoms with E-state index in [0.717, 1.165) is 63.4 Å². The van der Waals surface area contributed by atoms with Gasteiger partial charge in [-0.1, -0.05) is 66.4 Å². The van der Waals surface area contributed by atoms with Crippen LogP contribution in [0.2, 0.25) is 0 Å². The first-order valence-corrected chi connectivity index (χ1v) is 18.8. The van der Waals surface area contributed by atoms with Crippen molar-refractivity contribution in [1.82, 2.24) is 4.98 Å². The summed E-state index contributed by atoms with van der Waals surface area (Å²) in [6.45, 7) is -0.0477. The van der Waals surface area contributed by atoms with Crippen molar-refractivity contribution >= 4 is 68.7 Å². The third-order valence-corrected chi connectivity index (χ3v) is 11.4. The van der Waals surface area contributed by atoms with E-state index in [2.05, 4.69) is 33.9 Å². The molecule has 0 aliphatic carbocycles. The van der Waals surface area contributed by atoms with Crippen LogP contribution in [0.4, 0.5) is 17.1 Å². The molecule has 0 bridgehead atoms. The van der Waals surface area contributed by atoms with E-state index in [4.69, 9.17) is 0 Å². The molecule has 10 heteroatoms. The molecule has 3 heterocycles. The molecule has 7 nitrogen and oxygen atoms in total. The van der Waals surface area contributed by atoms with Gasteiger partial charge < -0.3 is 20.2 Å². The fourth-order valence-electron chi connectivity index (χ4n) is 5.53. The van der Waals surface area contributed by atoms with Crippen molar-refractivity contribution in [1.29, 1.82) is 5.26 Å². The van der Waals surface area contributed by atoms with Crippen molar-refractivity contribution in [2.45, 2.75) is 13.2 Å². The molecule has 7 rings (SSSR count). The maximum atomic E-state index is 11.7. The molecule has 0 saturated carbocycles. The highest BCUT2D eigenvalue weighted by molar-refractivity contribution is 7.22. The summed E-state index contributed by atoms with van der Waals surface area (Å²) in [5.41, 5.74) is 6.48. The number of hydrogen-bond donors (Lipinski definition) is 3. The van der Waals surface area contributed by atoms with Gasteiger partial charge in [-0.25, -0.2) is 9.78 Å². The van der Waals surface area contributed by atoms with E-state index in [1.54, 1.807) is 28.7 Å². The Morgan fingerprint density at radius 1 is 0.698 bits per heavy atom. The first-order chi connectivity index (χ1) is 25.9. The normalized spacial score (nSPS) is 11.8. The molecule has 0 atom stereocenters. The van der Waals surface area contributed by atoms with Crippen molar-refractivity contribution in [3.8, 4) is 38.9 Å². The molecule has 53 heavy (non-hydrogen) atoms. The number of anilines is 3. The summed E-state index contributed by atoms with van der Waals surface area (Å²) in [6, 6.07) is 43.1. The average molecular weight is 748 g/mol. The summed E-state index contributed by atoms with van der Waals surface area (Å²) in [5.74, 6) is 5.31. The molecular weight excluding hydrogens is 719 g/mol. The van der Waals surface area contributed by atoms with Gasteiger partial charge in [-0.05, 0) is 90.0 Å². The van der Waals surface area contributed by atoms with Crippen LogP contribution in [-0.4, -0.2) is 26.3 Å². The van der Waals surface area contributed by atoms with Gasteiger partial charge in [0.25, 0.3) is 0 Å². The smallest absolute Gasteiger partial charge is 0.349 e. The molecule has 3 aromatic heterocycles. The molecule has 0 unspecified atom stereocenters. The van der Waals surface area contributed by atoms with Crippen molar-refractivity contribution < 1.29 is 20.1 Å². The van der Waals surface area contributed by atoms with Gasteiger partial charge in [0.1, 0.15) is 10.7 Å². The van der Waals surface area contributed by atoms with Crippen LogP contribution in [0, 0.1) is 23.2 Å². The molecule has 0 saturated heterocycles. The lowest BCUT2D eigenvalue weighted by atomic mass is 10.1. The zero-order chi connectivity index (χ0) is 36.7. The standard InChI is InChI=1S/C43H29N3O4S3/c44-25-37(43(49)50)42-45-41(31-4-2-1-3-5-31)40(53-42)24-36-21-23-39(52-36)38-22-20-35(51-38)19-12-28-6-13-32(14-7-28)46(33-15-8-29(26-47)9-16-33)34-17-10-30(27-48)11-18-34/h1-11,13-18,20-24,47-48H,26-27H2,(H,49,50)/b40-24?,42-37-. The number of thiophene rings is 2. The van der Waals surface area contributed by atoms with Gasteiger partial charge in [0.05, 0.1) is 28.3 Å². The number of carboxylic acids is 1. The first-order valence-electron chi connectivity index (χ1n) is 16.4. The molecule has 4 aromatic carbocycles. The summed E-state index contributed by atoms with van der Waals surface area (Å²) in [5, 5.41) is 38.1. The fourth-order valence-corrected chi connectivity index (χ4v) is 8.53. The van der Waals surface area contributed by atoms with Crippen molar-refractivity contribution in [3.63, 3.8) is 0 Å². The van der Waals surface area contributed by atoms with Gasteiger partial charge in [0.15, 0.2) is 5.57 Å². The van der Waals surface area contributed by atoms with Crippen molar-refractivity contribution in [3.05, 3.63) is 163 Å². The van der Waals surface area contributed by atoms with Crippen LogP contribution in [0.15, 0.2) is 127 Å². The SMILES string of the molecule is N#C/C(C(=O)O)=c1\nc(-c2ccccc2)c(=Cc2ccc(-c3ccc(C#Cc4ccc(N(c5ccc(CO)cc5)c5ccc(CO)cc5)cc4)s3)s2)s1. The topological polar surface area (TPSA) is 118 Å². The Kier molecular flexibility index (Phi) is 10.7. The predicted molar refractivity (Wildman–Crippen MR) is 214 cm³/mol. The molecule has 7 aromatic rings. The van der Waals surface area contributed by atoms with Crippen LogP contribution >= 0.6 is 34.0 Å². The van der Waals surface area contributed by atoms with Gasteiger partial charge in [0.2, 0.25) is 0 Å². The monoisotopic (exact) mass is 747 g/mol. The highest BCUT2D eigenvalue weighted by Crippen LogP contribution is 2.36. The number of thiazole rings is 1. The number of aliphatic hydroxyl groups is 2. The summed E-state index contributed by atoms with van der Waals surface area (Å²) >= 11 is 4.42. The Morgan fingerprint density at radius 2 is 1.28 bits per heavy atom. The Balaban J connectivity index is 1.13. The highest BCUT2D eigenvalue weighted by atomic mass is 32.1. The van der Waals surface area contributed by atoms with Crippen molar-refractivity contribution in [2.75, 3.05) is 4.90 Å². The van der Waals surface area contributed by atoms with E-state index in [9.17, 15) is 25.4 Å². The number of hydrogen-bond acceptors (Lipinski definition) is 9. The summed E-state index contributed by atoms with van der Waals surface area (Å²) in [6.07, 6.45) is 1.99. The van der Waals surface area contributed by atoms with Crippen LogP contribution in [-0.2, 0) is 18.0 Å². The summed E-state index contributed by atoms with van der Waals surface area (Å²) in [4.78, 5) is 22.4. The minimum atomic E-state index is -1.30. The van der Waals surface area contributed by atoms with Crippen LogP contribution in [0.25, 0.3) is 32.7 Å². The van der Waals surface area contributed by atoms with E-state index in [0.29, 0.717) is 5.69 Å². The maximum Gasteiger partial charge on any atom is 0.349 e. The van der Waals surface area contributed by atoms with Gasteiger partial charge in [-0.15, -0.1) is 34.0 Å². The highest BCUT2D eigenvalue weighted by Gasteiger charge is 2.15. The number of aromatic nitrogens is 1. The number of aliphatic hydroxyl groups excluding tert-OH is 2. The molecule has 0 aliphatic heterocycles. The number of benzene rings is 4. The predicted octanol–water partition coefficient (Wildman–Crippen LogP) is 8.04. The van der Waals surface area contributed by atoms with E-state index in [1.807, 2.05) is 121 Å². The maximum absolute atomic E-state index is 11.7. The molecule has 0 spiro atoms. The molecule has 258 valence electrons. The van der Waals surface area contributed by atoms with Gasteiger partial charge in [-0.3, -0.25) is 0 Å². The number of carboxylic acid groups (broad SMARTS) is 1. The minimum absolute atomic E-state index is 0.0239. The van der Waals surface area contributed by atoms with E-state index >= 15 is 0 Å². The Bertz CT molecular complexity index is 2580. The van der Waals surface area contributed by atoms with Crippen LogP contribution in [0.5, 0.6) is 0 Å². The Hall–Kier alpha value is -6.11. The number of aliphatic carboxylic acids is 1. The van der Waals surface area contributed by atoms with Gasteiger partial charge in [-0.2, -0.15) is 5.26 Å². The fraction of sp³-hybridized carbons (Fsp3) is 0.0465. The average Bonchev–Trinajstić information content (AvgIpc) is 3.97. The van der Waals surface area contributed by atoms with E-state index in [-0.39, 0.29) is 23.4 Å². The van der Waals surface area contributed by atoms with Crippen LogP contribution < -0.4 is 14.1 Å². The molecule has 0 radical (unpaired) electrons. The Labute approximate surface area is 317 Å². The first kappa shape index (κ1) is 35.3. The lowest BCUT2D eigenvalue weighted by Gasteiger charge is -2.26. The Morgan fingerprint density at radius 3 is 1.87 bits per heavy atom. The quantitative estimate of drug-likeness (QED) is 0.128. The van der Waals surface area contributed by atoms with Gasteiger partial charge in [0, 0.05) is 42.8 Å². The third-order valence-electron chi connectivity index (χ3n) is 8.20. The minimum Gasteiger partial charge on any atom is -0.477 e. The lowest BCUT2D eigenvalue weighted by molar-refractivity contribution is -0.130. The lowest BCUT2D eigenvalue weighted by Crippen LogP contribution is -2.11. The van der Waals surface area contributed by atoms with Crippen LogP contribution in [0.3, 0.4) is 0 Å². The zero-order valence-corrected chi connectivity index (χ0v) is 30.4. The number of carbonyl (C=O) groups is 1. The van der Waals surface area contributed by atoms with Gasteiger partial charge >= 0.3 is 5.97 Å².